The normalized spacial score (nSPS) is 16.0. The molecule has 0 atom stereocenters. The van der Waals surface area contributed by atoms with E-state index in [0.29, 0.717) is 37.4 Å². The summed E-state index contributed by atoms with van der Waals surface area (Å²) in [6.07, 6.45) is 2.84. The maximum absolute atomic E-state index is 5.81. The zero-order chi connectivity index (χ0) is 15.2. The molecule has 2 N–H and O–H groups in total. The molecular formula is C16H21N3O3. The van der Waals surface area contributed by atoms with Crippen molar-refractivity contribution in [1.82, 2.24) is 10.1 Å². The van der Waals surface area contributed by atoms with E-state index in [1.54, 1.807) is 0 Å². The van der Waals surface area contributed by atoms with Crippen molar-refractivity contribution >= 4 is 0 Å². The van der Waals surface area contributed by atoms with Gasteiger partial charge in [0, 0.05) is 25.3 Å². The van der Waals surface area contributed by atoms with Crippen molar-refractivity contribution in [3.8, 4) is 11.4 Å². The van der Waals surface area contributed by atoms with Gasteiger partial charge in [-0.1, -0.05) is 29.4 Å². The molecule has 1 aromatic carbocycles. The predicted octanol–water partition coefficient (Wildman–Crippen LogP) is 1.93. The molecule has 0 radical (unpaired) electrons. The van der Waals surface area contributed by atoms with Gasteiger partial charge >= 0.3 is 0 Å². The van der Waals surface area contributed by atoms with Gasteiger partial charge in [0.1, 0.15) is 0 Å². The Morgan fingerprint density at radius 1 is 1.18 bits per heavy atom. The highest BCUT2D eigenvalue weighted by Gasteiger charge is 2.15. The predicted molar refractivity (Wildman–Crippen MR) is 81.1 cm³/mol. The number of aromatic nitrogens is 2. The van der Waals surface area contributed by atoms with Crippen LogP contribution in [0.2, 0.25) is 0 Å². The summed E-state index contributed by atoms with van der Waals surface area (Å²) in [6, 6.07) is 7.85. The molecule has 0 saturated carbocycles. The lowest BCUT2D eigenvalue weighted by molar-refractivity contribution is -0.0318. The Hall–Kier alpha value is -1.76. The Morgan fingerprint density at radius 3 is 2.68 bits per heavy atom. The summed E-state index contributed by atoms with van der Waals surface area (Å²) in [5.41, 5.74) is 7.60. The summed E-state index contributed by atoms with van der Waals surface area (Å²) in [7, 11) is 0. The van der Waals surface area contributed by atoms with Crippen LogP contribution in [0.3, 0.4) is 0 Å². The number of rotatable bonds is 6. The molecule has 0 unspecified atom stereocenters. The molecule has 1 fully saturated rings. The monoisotopic (exact) mass is 303 g/mol. The van der Waals surface area contributed by atoms with Gasteiger partial charge in [-0.2, -0.15) is 4.98 Å². The van der Waals surface area contributed by atoms with Crippen molar-refractivity contribution < 1.29 is 14.0 Å². The third-order valence-electron chi connectivity index (χ3n) is 3.75. The molecule has 3 rings (SSSR count). The molecule has 1 saturated heterocycles. The van der Waals surface area contributed by atoms with Gasteiger partial charge in [-0.15, -0.1) is 0 Å². The summed E-state index contributed by atoms with van der Waals surface area (Å²) >= 11 is 0. The van der Waals surface area contributed by atoms with Gasteiger partial charge in [0.15, 0.2) is 0 Å². The molecule has 1 aromatic heterocycles. The maximum atomic E-state index is 5.81. The average Bonchev–Trinajstić information content (AvgIpc) is 3.05. The number of hydrogen-bond acceptors (Lipinski definition) is 6. The highest BCUT2D eigenvalue weighted by atomic mass is 16.5. The van der Waals surface area contributed by atoms with E-state index in [0.717, 1.165) is 37.2 Å². The van der Waals surface area contributed by atoms with Gasteiger partial charge in [0.25, 0.3) is 0 Å². The van der Waals surface area contributed by atoms with E-state index in [1.165, 1.54) is 0 Å². The first kappa shape index (κ1) is 15.1. The molecular weight excluding hydrogens is 282 g/mol. The van der Waals surface area contributed by atoms with Crippen LogP contribution in [0.25, 0.3) is 11.4 Å². The largest absolute Gasteiger partial charge is 0.381 e. The first-order valence-corrected chi connectivity index (χ1v) is 7.66. The van der Waals surface area contributed by atoms with E-state index < -0.39 is 0 Å². The van der Waals surface area contributed by atoms with Gasteiger partial charge in [-0.3, -0.25) is 0 Å². The summed E-state index contributed by atoms with van der Waals surface area (Å²) in [6.45, 7) is 2.70. The summed E-state index contributed by atoms with van der Waals surface area (Å²) in [4.78, 5) is 4.40. The van der Waals surface area contributed by atoms with E-state index in [9.17, 15) is 0 Å². The minimum absolute atomic E-state index is 0.292. The number of nitrogens with two attached hydrogens (primary N) is 1. The molecule has 1 aliphatic heterocycles. The zero-order valence-corrected chi connectivity index (χ0v) is 12.5. The zero-order valence-electron chi connectivity index (χ0n) is 12.5. The quantitative estimate of drug-likeness (QED) is 0.878. The third kappa shape index (κ3) is 3.91. The number of ether oxygens (including phenoxy) is 2. The lowest BCUT2D eigenvalue weighted by Gasteiger charge is -2.21. The number of benzene rings is 1. The highest BCUT2D eigenvalue weighted by molar-refractivity contribution is 5.54. The summed E-state index contributed by atoms with van der Waals surface area (Å²) in [5, 5.41) is 4.01. The van der Waals surface area contributed by atoms with Crippen molar-refractivity contribution in [1.29, 1.82) is 0 Å². The maximum Gasteiger partial charge on any atom is 0.229 e. The standard InChI is InChI=1S/C16H21N3O3/c17-11-12-1-3-13(4-2-12)16-18-15(22-19-16)7-10-21-14-5-8-20-9-6-14/h1-4,14H,5-11,17H2. The van der Waals surface area contributed by atoms with Crippen LogP contribution in [0.5, 0.6) is 0 Å². The van der Waals surface area contributed by atoms with Crippen LogP contribution in [-0.2, 0) is 22.4 Å². The fourth-order valence-corrected chi connectivity index (χ4v) is 2.42. The van der Waals surface area contributed by atoms with Gasteiger partial charge in [0.05, 0.1) is 19.1 Å². The van der Waals surface area contributed by atoms with Gasteiger partial charge in [-0.05, 0) is 18.4 Å². The van der Waals surface area contributed by atoms with E-state index >= 15 is 0 Å². The first-order chi connectivity index (χ1) is 10.8. The van der Waals surface area contributed by atoms with Crippen molar-refractivity contribution in [3.05, 3.63) is 35.7 Å². The molecule has 1 aliphatic rings. The van der Waals surface area contributed by atoms with Crippen molar-refractivity contribution in [2.75, 3.05) is 19.8 Å². The Labute approximate surface area is 129 Å². The molecule has 22 heavy (non-hydrogen) atoms. The van der Waals surface area contributed by atoms with Crippen molar-refractivity contribution in [2.45, 2.75) is 31.9 Å². The van der Waals surface area contributed by atoms with E-state index in [2.05, 4.69) is 10.1 Å². The lowest BCUT2D eigenvalue weighted by Crippen LogP contribution is -2.24. The highest BCUT2D eigenvalue weighted by Crippen LogP contribution is 2.17. The molecule has 6 nitrogen and oxygen atoms in total. The smallest absolute Gasteiger partial charge is 0.229 e. The second-order valence-corrected chi connectivity index (χ2v) is 5.35. The third-order valence-corrected chi connectivity index (χ3v) is 3.75. The molecule has 0 spiro atoms. The van der Waals surface area contributed by atoms with Crippen LogP contribution in [0.1, 0.15) is 24.3 Å². The fourth-order valence-electron chi connectivity index (χ4n) is 2.42. The SMILES string of the molecule is NCc1ccc(-c2noc(CCOC3CCOCC3)n2)cc1. The van der Waals surface area contributed by atoms with Crippen LogP contribution in [0.4, 0.5) is 0 Å². The molecule has 0 aliphatic carbocycles. The molecule has 118 valence electrons. The van der Waals surface area contributed by atoms with Crippen LogP contribution in [0.15, 0.2) is 28.8 Å². The second-order valence-electron chi connectivity index (χ2n) is 5.35. The van der Waals surface area contributed by atoms with Crippen molar-refractivity contribution in [3.63, 3.8) is 0 Å². The fraction of sp³-hybridized carbons (Fsp3) is 0.500. The van der Waals surface area contributed by atoms with Gasteiger partial charge in [-0.25, -0.2) is 0 Å². The minimum Gasteiger partial charge on any atom is -0.381 e. The molecule has 2 aromatic rings. The van der Waals surface area contributed by atoms with Crippen LogP contribution >= 0.6 is 0 Å². The van der Waals surface area contributed by atoms with E-state index in [1.807, 2.05) is 24.3 Å². The first-order valence-electron chi connectivity index (χ1n) is 7.66. The van der Waals surface area contributed by atoms with E-state index in [-0.39, 0.29) is 0 Å². The molecule has 0 bridgehead atoms. The second kappa shape index (κ2) is 7.49. The van der Waals surface area contributed by atoms with Crippen molar-refractivity contribution in [2.24, 2.45) is 5.73 Å². The molecule has 6 heteroatoms. The Kier molecular flexibility index (Phi) is 5.15. The number of hydrogen-bond donors (Lipinski definition) is 1. The van der Waals surface area contributed by atoms with Gasteiger partial charge in [0.2, 0.25) is 11.7 Å². The topological polar surface area (TPSA) is 83.4 Å². The summed E-state index contributed by atoms with van der Waals surface area (Å²) < 4.78 is 16.4. The molecule has 2 heterocycles. The Bertz CT molecular complexity index is 577. The van der Waals surface area contributed by atoms with Crippen LogP contribution < -0.4 is 5.73 Å². The summed E-state index contributed by atoms with van der Waals surface area (Å²) in [5.74, 6) is 1.20. The Balaban J connectivity index is 1.51. The average molecular weight is 303 g/mol. The minimum atomic E-state index is 0.292. The Morgan fingerprint density at radius 2 is 1.95 bits per heavy atom. The lowest BCUT2D eigenvalue weighted by atomic mass is 10.1. The van der Waals surface area contributed by atoms with E-state index in [4.69, 9.17) is 19.7 Å². The molecule has 0 amide bonds. The number of nitrogens with zero attached hydrogens (tertiary/aromatic N) is 2. The van der Waals surface area contributed by atoms with Crippen LogP contribution in [-0.4, -0.2) is 36.1 Å². The van der Waals surface area contributed by atoms with Crippen LogP contribution in [0, 0.1) is 0 Å². The van der Waals surface area contributed by atoms with Gasteiger partial charge < -0.3 is 19.7 Å².